The molecule has 12 aromatic rings. The van der Waals surface area contributed by atoms with Crippen molar-refractivity contribution in [3.63, 3.8) is 0 Å². The van der Waals surface area contributed by atoms with E-state index in [1.165, 1.54) is 64.3 Å². The Kier molecular flexibility index (Phi) is 8.39. The number of furan rings is 1. The van der Waals surface area contributed by atoms with Gasteiger partial charge in [0.2, 0.25) is 0 Å². The molecule has 0 N–H and O–H groups in total. The van der Waals surface area contributed by atoms with Crippen LogP contribution in [-0.2, 0) is 0 Å². The number of rotatable bonds is 7. The minimum absolute atomic E-state index is 0.904. The van der Waals surface area contributed by atoms with E-state index < -0.39 is 0 Å². The molecule has 0 spiro atoms. The van der Waals surface area contributed by atoms with E-state index in [2.05, 4.69) is 217 Å². The molecule has 10 aromatic carbocycles. The highest BCUT2D eigenvalue weighted by atomic mass is 32.1. The third kappa shape index (κ3) is 6.35. The quantitative estimate of drug-likeness (QED) is 0.160. The lowest BCUT2D eigenvalue weighted by atomic mass is 9.95. The molecule has 0 atom stereocenters. The van der Waals surface area contributed by atoms with E-state index in [0.29, 0.717) is 0 Å². The Bertz CT molecular complexity index is 3590. The van der Waals surface area contributed by atoms with Crippen LogP contribution in [0, 0.1) is 0 Å². The first kappa shape index (κ1) is 35.2. The van der Waals surface area contributed by atoms with Gasteiger partial charge in [0.25, 0.3) is 0 Å². The fourth-order valence-electron chi connectivity index (χ4n) is 8.94. The van der Waals surface area contributed by atoms with E-state index in [1.807, 2.05) is 23.5 Å². The van der Waals surface area contributed by atoms with Crippen LogP contribution < -0.4 is 4.90 Å². The van der Waals surface area contributed by atoms with Crippen molar-refractivity contribution in [2.75, 3.05) is 4.90 Å². The predicted octanol–water partition coefficient (Wildman–Crippen LogP) is 17.2. The third-order valence-corrected chi connectivity index (χ3v) is 13.2. The van der Waals surface area contributed by atoms with Crippen LogP contribution in [0.3, 0.4) is 0 Å². The van der Waals surface area contributed by atoms with Gasteiger partial charge in [-0.2, -0.15) is 0 Å². The molecule has 0 saturated carbocycles. The first-order valence-corrected chi connectivity index (χ1v) is 21.5. The van der Waals surface area contributed by atoms with Crippen molar-refractivity contribution in [3.8, 4) is 44.5 Å². The zero-order valence-electron chi connectivity index (χ0n) is 33.1. The second-order valence-electron chi connectivity index (χ2n) is 15.7. The van der Waals surface area contributed by atoms with Gasteiger partial charge in [0, 0.05) is 48.0 Å². The molecule has 61 heavy (non-hydrogen) atoms. The Hall–Kier alpha value is -7.72. The minimum atomic E-state index is 0.904. The molecule has 0 aliphatic rings. The normalized spacial score (nSPS) is 11.6. The van der Waals surface area contributed by atoms with Crippen molar-refractivity contribution >= 4 is 81.3 Å². The highest BCUT2D eigenvalue weighted by Crippen LogP contribution is 2.42. The fourth-order valence-corrected chi connectivity index (χ4v) is 10.0. The number of fused-ring (bicyclic) bond motifs is 7. The molecule has 0 amide bonds. The van der Waals surface area contributed by atoms with Crippen LogP contribution in [-0.4, -0.2) is 0 Å². The second-order valence-corrected chi connectivity index (χ2v) is 16.8. The maximum Gasteiger partial charge on any atom is 0.136 e. The number of hydrogen-bond acceptors (Lipinski definition) is 3. The summed E-state index contributed by atoms with van der Waals surface area (Å²) in [5.74, 6) is 0. The SMILES string of the molecule is c1cc(-c2ccc(N(c3ccc(-c4ccc5c(c4)oc4ccccc45)cc3)c3ccc4sc5ccccc5c4c3)cc2)cc(-c2cccc(-c3ccc4ccccc4c3)c2)c1. The third-order valence-electron chi connectivity index (χ3n) is 12.1. The highest BCUT2D eigenvalue weighted by molar-refractivity contribution is 7.25. The smallest absolute Gasteiger partial charge is 0.136 e. The fraction of sp³-hybridized carbons (Fsp3) is 0. The Morgan fingerprint density at radius 2 is 0.787 bits per heavy atom. The van der Waals surface area contributed by atoms with Crippen molar-refractivity contribution in [3.05, 3.63) is 224 Å². The lowest BCUT2D eigenvalue weighted by molar-refractivity contribution is 0.669. The van der Waals surface area contributed by atoms with Gasteiger partial charge in [0.1, 0.15) is 11.2 Å². The number of thiophene rings is 1. The van der Waals surface area contributed by atoms with E-state index in [9.17, 15) is 0 Å². The van der Waals surface area contributed by atoms with Crippen molar-refractivity contribution in [2.45, 2.75) is 0 Å². The summed E-state index contributed by atoms with van der Waals surface area (Å²) >= 11 is 1.85. The molecule has 2 nitrogen and oxygen atoms in total. The van der Waals surface area contributed by atoms with Gasteiger partial charge in [0.05, 0.1) is 0 Å². The summed E-state index contributed by atoms with van der Waals surface area (Å²) < 4.78 is 8.84. The number of nitrogens with zero attached hydrogens (tertiary/aromatic N) is 1. The molecule has 0 bridgehead atoms. The first-order chi connectivity index (χ1) is 30.2. The molecule has 0 radical (unpaired) electrons. The summed E-state index contributed by atoms with van der Waals surface area (Å²) in [7, 11) is 0. The standard InChI is InChI=1S/C58H37NOS/c1-2-10-41-34-46(20-19-38(41)9-1)45-14-8-13-44(35-45)43-12-7-11-42(33-43)39-21-26-48(27-22-39)59(50-30-32-58-54(37-50)53-16-4-6-18-57(53)61-58)49-28-23-40(24-29-49)47-25-31-52-51-15-3-5-17-55(51)60-56(52)36-47/h1-37H. The molecule has 0 aliphatic heterocycles. The molecule has 2 heterocycles. The molecular formula is C58H37NOS. The zero-order chi connectivity index (χ0) is 40.3. The van der Waals surface area contributed by atoms with Gasteiger partial charge in [-0.3, -0.25) is 0 Å². The molecule has 0 unspecified atom stereocenters. The Morgan fingerprint density at radius 3 is 1.51 bits per heavy atom. The Balaban J connectivity index is 0.894. The number of anilines is 3. The van der Waals surface area contributed by atoms with E-state index in [1.54, 1.807) is 0 Å². The summed E-state index contributed by atoms with van der Waals surface area (Å²) in [4.78, 5) is 2.37. The molecule has 0 aliphatic carbocycles. The van der Waals surface area contributed by atoms with E-state index in [0.717, 1.165) is 50.1 Å². The van der Waals surface area contributed by atoms with Crippen molar-refractivity contribution in [2.24, 2.45) is 0 Å². The van der Waals surface area contributed by atoms with Crippen molar-refractivity contribution < 1.29 is 4.42 Å². The van der Waals surface area contributed by atoms with Crippen LogP contribution in [0.2, 0.25) is 0 Å². The molecule has 12 rings (SSSR count). The molecule has 0 saturated heterocycles. The second kappa shape index (κ2) is 14.5. The van der Waals surface area contributed by atoms with Gasteiger partial charge in [-0.1, -0.05) is 140 Å². The maximum absolute atomic E-state index is 6.25. The average Bonchev–Trinajstić information content (AvgIpc) is 3.90. The summed E-state index contributed by atoms with van der Waals surface area (Å²) in [6, 6.07) is 81.3. The Labute approximate surface area is 357 Å². The average molecular weight is 796 g/mol. The molecular weight excluding hydrogens is 759 g/mol. The van der Waals surface area contributed by atoms with Crippen molar-refractivity contribution in [1.29, 1.82) is 0 Å². The van der Waals surface area contributed by atoms with Crippen LogP contribution >= 0.6 is 11.3 Å². The van der Waals surface area contributed by atoms with Gasteiger partial charge in [-0.15, -0.1) is 11.3 Å². The van der Waals surface area contributed by atoms with E-state index in [-0.39, 0.29) is 0 Å². The van der Waals surface area contributed by atoms with E-state index in [4.69, 9.17) is 4.42 Å². The number of para-hydroxylation sites is 1. The summed E-state index contributed by atoms with van der Waals surface area (Å²) in [6.07, 6.45) is 0. The molecule has 3 heteroatoms. The van der Waals surface area contributed by atoms with Crippen LogP contribution in [0.1, 0.15) is 0 Å². The van der Waals surface area contributed by atoms with Crippen molar-refractivity contribution in [1.82, 2.24) is 0 Å². The number of hydrogen-bond donors (Lipinski definition) is 0. The van der Waals surface area contributed by atoms with E-state index >= 15 is 0 Å². The summed E-state index contributed by atoms with van der Waals surface area (Å²) in [5, 5.41) is 7.36. The van der Waals surface area contributed by atoms with Gasteiger partial charge in [-0.05, 0) is 140 Å². The molecule has 0 fully saturated rings. The Morgan fingerprint density at radius 1 is 0.279 bits per heavy atom. The van der Waals surface area contributed by atoms with Crippen LogP contribution in [0.25, 0.3) is 97.4 Å². The topological polar surface area (TPSA) is 16.4 Å². The van der Waals surface area contributed by atoms with Gasteiger partial charge in [-0.25, -0.2) is 0 Å². The largest absolute Gasteiger partial charge is 0.456 e. The molecule has 286 valence electrons. The lowest BCUT2D eigenvalue weighted by Gasteiger charge is -2.26. The van der Waals surface area contributed by atoms with Gasteiger partial charge >= 0.3 is 0 Å². The summed E-state index contributed by atoms with van der Waals surface area (Å²) in [6.45, 7) is 0. The lowest BCUT2D eigenvalue weighted by Crippen LogP contribution is -2.09. The minimum Gasteiger partial charge on any atom is -0.456 e. The summed E-state index contributed by atoms with van der Waals surface area (Å²) in [5.41, 5.74) is 14.6. The van der Waals surface area contributed by atoms with Crippen LogP contribution in [0.15, 0.2) is 229 Å². The monoisotopic (exact) mass is 795 g/mol. The van der Waals surface area contributed by atoms with Crippen LogP contribution in [0.4, 0.5) is 17.1 Å². The highest BCUT2D eigenvalue weighted by Gasteiger charge is 2.17. The predicted molar refractivity (Wildman–Crippen MR) is 261 cm³/mol. The number of benzene rings is 10. The first-order valence-electron chi connectivity index (χ1n) is 20.7. The maximum atomic E-state index is 6.25. The van der Waals surface area contributed by atoms with Gasteiger partial charge in [0.15, 0.2) is 0 Å². The molecule has 2 aromatic heterocycles. The zero-order valence-corrected chi connectivity index (χ0v) is 33.9. The van der Waals surface area contributed by atoms with Gasteiger partial charge < -0.3 is 9.32 Å². The van der Waals surface area contributed by atoms with Crippen LogP contribution in [0.5, 0.6) is 0 Å².